The molecule has 1 aliphatic rings. The molecular weight excluding hydrogens is 340 g/mol. The third-order valence-electron chi connectivity index (χ3n) is 3.22. The predicted molar refractivity (Wildman–Crippen MR) is 84.4 cm³/mol. The Bertz CT molecular complexity index is 622. The normalized spacial score (nSPS) is 14.9. The number of hydrogen-bond donors (Lipinski definition) is 0. The van der Waals surface area contributed by atoms with Gasteiger partial charge in [0.05, 0.1) is 4.83 Å². The van der Waals surface area contributed by atoms with E-state index in [9.17, 15) is 0 Å². The summed E-state index contributed by atoms with van der Waals surface area (Å²) in [6.07, 6.45) is 0. The van der Waals surface area contributed by atoms with Crippen molar-refractivity contribution in [3.63, 3.8) is 0 Å². The van der Waals surface area contributed by atoms with Crippen molar-refractivity contribution in [3.8, 4) is 11.5 Å². The van der Waals surface area contributed by atoms with Gasteiger partial charge >= 0.3 is 0 Å². The SMILES string of the molecule is Cc1cc(Cl)cc(C(Br)c2ccc3c(c2)OCCO3)c1. The van der Waals surface area contributed by atoms with Crippen LogP contribution >= 0.6 is 27.5 Å². The minimum absolute atomic E-state index is 0.0794. The molecule has 1 unspecified atom stereocenters. The summed E-state index contributed by atoms with van der Waals surface area (Å²) in [5.41, 5.74) is 3.40. The van der Waals surface area contributed by atoms with Crippen molar-refractivity contribution >= 4 is 27.5 Å². The van der Waals surface area contributed by atoms with Crippen molar-refractivity contribution in [1.82, 2.24) is 0 Å². The van der Waals surface area contributed by atoms with E-state index in [2.05, 4.69) is 22.0 Å². The van der Waals surface area contributed by atoms with Gasteiger partial charge in [0.25, 0.3) is 0 Å². The number of alkyl halides is 1. The lowest BCUT2D eigenvalue weighted by atomic mass is 10.0. The van der Waals surface area contributed by atoms with Crippen molar-refractivity contribution in [2.75, 3.05) is 13.2 Å². The summed E-state index contributed by atoms with van der Waals surface area (Å²) in [5, 5.41) is 0.752. The van der Waals surface area contributed by atoms with Crippen LogP contribution in [0.4, 0.5) is 0 Å². The second kappa shape index (κ2) is 5.66. The van der Waals surface area contributed by atoms with E-state index in [1.54, 1.807) is 0 Å². The average Bonchev–Trinajstić information content (AvgIpc) is 2.45. The van der Waals surface area contributed by atoms with Crippen LogP contribution < -0.4 is 9.47 Å². The quantitative estimate of drug-likeness (QED) is 0.715. The maximum atomic E-state index is 6.13. The van der Waals surface area contributed by atoms with Gasteiger partial charge < -0.3 is 9.47 Å². The van der Waals surface area contributed by atoms with Crippen LogP contribution in [0.1, 0.15) is 21.5 Å². The zero-order chi connectivity index (χ0) is 14.1. The molecule has 104 valence electrons. The molecule has 2 nitrogen and oxygen atoms in total. The molecule has 4 heteroatoms. The lowest BCUT2D eigenvalue weighted by molar-refractivity contribution is 0.171. The fraction of sp³-hybridized carbons (Fsp3) is 0.250. The van der Waals surface area contributed by atoms with Gasteiger partial charge in [-0.15, -0.1) is 0 Å². The molecule has 0 bridgehead atoms. The van der Waals surface area contributed by atoms with Crippen molar-refractivity contribution in [2.24, 2.45) is 0 Å². The number of aryl methyl sites for hydroxylation is 1. The van der Waals surface area contributed by atoms with Crippen LogP contribution in [0.25, 0.3) is 0 Å². The van der Waals surface area contributed by atoms with E-state index in [1.165, 1.54) is 0 Å². The van der Waals surface area contributed by atoms with E-state index < -0.39 is 0 Å². The molecular formula is C16H14BrClO2. The molecule has 0 aromatic heterocycles. The third-order valence-corrected chi connectivity index (χ3v) is 4.49. The van der Waals surface area contributed by atoms with Crippen molar-refractivity contribution in [1.29, 1.82) is 0 Å². The van der Waals surface area contributed by atoms with Gasteiger partial charge in [-0.2, -0.15) is 0 Å². The molecule has 0 saturated heterocycles. The molecule has 0 fully saturated rings. The van der Waals surface area contributed by atoms with Crippen LogP contribution in [0.3, 0.4) is 0 Å². The maximum Gasteiger partial charge on any atom is 0.161 e. The first-order valence-corrected chi connectivity index (χ1v) is 7.73. The number of rotatable bonds is 2. The van der Waals surface area contributed by atoms with Gasteiger partial charge in [-0.3, -0.25) is 0 Å². The zero-order valence-corrected chi connectivity index (χ0v) is 13.4. The van der Waals surface area contributed by atoms with E-state index in [0.29, 0.717) is 13.2 Å². The highest BCUT2D eigenvalue weighted by atomic mass is 79.9. The predicted octanol–water partition coefficient (Wildman–Crippen LogP) is 4.90. The lowest BCUT2D eigenvalue weighted by Crippen LogP contribution is -2.15. The summed E-state index contributed by atoms with van der Waals surface area (Å²) >= 11 is 9.87. The first-order valence-electron chi connectivity index (χ1n) is 6.44. The Morgan fingerprint density at radius 3 is 2.50 bits per heavy atom. The van der Waals surface area contributed by atoms with E-state index in [-0.39, 0.29) is 4.83 Å². The fourth-order valence-corrected chi connectivity index (χ4v) is 3.17. The molecule has 0 amide bonds. The molecule has 0 N–H and O–H groups in total. The van der Waals surface area contributed by atoms with Crippen LogP contribution in [0.5, 0.6) is 11.5 Å². The Hall–Kier alpha value is -1.19. The second-order valence-electron chi connectivity index (χ2n) is 4.83. The molecule has 1 aliphatic heterocycles. The van der Waals surface area contributed by atoms with Crippen molar-refractivity contribution in [3.05, 3.63) is 58.1 Å². The molecule has 0 radical (unpaired) electrons. The van der Waals surface area contributed by atoms with Gasteiger partial charge in [0.15, 0.2) is 11.5 Å². The van der Waals surface area contributed by atoms with Crippen LogP contribution in [-0.2, 0) is 0 Å². The number of fused-ring (bicyclic) bond motifs is 1. The van der Waals surface area contributed by atoms with Crippen LogP contribution in [-0.4, -0.2) is 13.2 Å². The molecule has 2 aromatic rings. The van der Waals surface area contributed by atoms with Crippen LogP contribution in [0, 0.1) is 6.92 Å². The Labute approximate surface area is 131 Å². The summed E-state index contributed by atoms with van der Waals surface area (Å²) in [7, 11) is 0. The smallest absolute Gasteiger partial charge is 0.161 e. The summed E-state index contributed by atoms with van der Waals surface area (Å²) in [6, 6.07) is 12.1. The van der Waals surface area contributed by atoms with E-state index >= 15 is 0 Å². The van der Waals surface area contributed by atoms with Crippen molar-refractivity contribution in [2.45, 2.75) is 11.8 Å². The van der Waals surface area contributed by atoms with E-state index in [0.717, 1.165) is 33.2 Å². The molecule has 20 heavy (non-hydrogen) atoms. The fourth-order valence-electron chi connectivity index (χ4n) is 2.32. The summed E-state index contributed by atoms with van der Waals surface area (Å²) in [4.78, 5) is 0.0794. The average molecular weight is 354 g/mol. The standard InChI is InChI=1S/C16H14BrClO2/c1-10-6-12(8-13(18)7-10)16(17)11-2-3-14-15(9-11)20-5-4-19-14/h2-3,6-9,16H,4-5H2,1H3. The van der Waals surface area contributed by atoms with Crippen LogP contribution in [0.15, 0.2) is 36.4 Å². The Kier molecular flexibility index (Phi) is 3.90. The van der Waals surface area contributed by atoms with Gasteiger partial charge in [0.2, 0.25) is 0 Å². The minimum Gasteiger partial charge on any atom is -0.486 e. The molecule has 0 saturated carbocycles. The largest absolute Gasteiger partial charge is 0.486 e. The molecule has 2 aromatic carbocycles. The molecule has 1 atom stereocenters. The number of ether oxygens (including phenoxy) is 2. The van der Waals surface area contributed by atoms with Gasteiger partial charge in [0.1, 0.15) is 13.2 Å². The Morgan fingerprint density at radius 1 is 1.00 bits per heavy atom. The minimum atomic E-state index is 0.0794. The zero-order valence-electron chi connectivity index (χ0n) is 11.0. The number of hydrogen-bond acceptors (Lipinski definition) is 2. The monoisotopic (exact) mass is 352 g/mol. The summed E-state index contributed by atoms with van der Waals surface area (Å²) < 4.78 is 11.2. The van der Waals surface area contributed by atoms with Gasteiger partial charge in [0, 0.05) is 5.02 Å². The molecule has 3 rings (SSSR count). The van der Waals surface area contributed by atoms with E-state index in [4.69, 9.17) is 21.1 Å². The van der Waals surface area contributed by atoms with Gasteiger partial charge in [-0.1, -0.05) is 39.7 Å². The maximum absolute atomic E-state index is 6.13. The van der Waals surface area contributed by atoms with Crippen molar-refractivity contribution < 1.29 is 9.47 Å². The molecule has 1 heterocycles. The van der Waals surface area contributed by atoms with Crippen LogP contribution in [0.2, 0.25) is 5.02 Å². The first-order chi connectivity index (χ1) is 9.63. The third kappa shape index (κ3) is 2.79. The number of halogens is 2. The summed E-state index contributed by atoms with van der Waals surface area (Å²) in [5.74, 6) is 1.61. The highest BCUT2D eigenvalue weighted by Crippen LogP contribution is 2.38. The molecule has 0 spiro atoms. The Morgan fingerprint density at radius 2 is 1.75 bits per heavy atom. The second-order valence-corrected chi connectivity index (χ2v) is 6.18. The molecule has 0 aliphatic carbocycles. The topological polar surface area (TPSA) is 18.5 Å². The highest BCUT2D eigenvalue weighted by Gasteiger charge is 2.17. The van der Waals surface area contributed by atoms with E-state index in [1.807, 2.05) is 37.3 Å². The highest BCUT2D eigenvalue weighted by molar-refractivity contribution is 9.09. The van der Waals surface area contributed by atoms with Gasteiger partial charge in [-0.25, -0.2) is 0 Å². The Balaban J connectivity index is 1.95. The first kappa shape index (κ1) is 13.8. The lowest BCUT2D eigenvalue weighted by Gasteiger charge is -2.20. The van der Waals surface area contributed by atoms with Gasteiger partial charge in [-0.05, 0) is 47.9 Å². The summed E-state index contributed by atoms with van der Waals surface area (Å²) in [6.45, 7) is 3.25. The number of benzene rings is 2.